The van der Waals surface area contributed by atoms with Gasteiger partial charge in [-0.15, -0.1) is 0 Å². The molecule has 4 aromatic rings. The van der Waals surface area contributed by atoms with Crippen LogP contribution < -0.4 is 5.32 Å². The summed E-state index contributed by atoms with van der Waals surface area (Å²) in [7, 11) is 0. The number of carbonyl (C=O) groups excluding carboxylic acids is 1. The van der Waals surface area contributed by atoms with E-state index >= 15 is 0 Å². The smallest absolute Gasteiger partial charge is 0.199 e. The number of hydrogen-bond acceptors (Lipinski definition) is 7. The van der Waals surface area contributed by atoms with Crippen molar-refractivity contribution in [2.45, 2.75) is 19.3 Å². The summed E-state index contributed by atoms with van der Waals surface area (Å²) in [6, 6.07) is 14.5. The summed E-state index contributed by atoms with van der Waals surface area (Å²) in [5.41, 5.74) is 5.01. The van der Waals surface area contributed by atoms with Gasteiger partial charge in [-0.25, -0.2) is 14.5 Å². The van der Waals surface area contributed by atoms with Crippen molar-refractivity contribution >= 4 is 34.7 Å². The predicted molar refractivity (Wildman–Crippen MR) is 127 cm³/mol. The van der Waals surface area contributed by atoms with Gasteiger partial charge in [-0.05, 0) is 54.8 Å². The number of aromatic nitrogens is 4. The lowest BCUT2D eigenvalue weighted by molar-refractivity contribution is 0.0980. The molecule has 2 aromatic carbocycles. The van der Waals surface area contributed by atoms with E-state index in [4.69, 9.17) is 0 Å². The van der Waals surface area contributed by atoms with E-state index in [0.717, 1.165) is 35.4 Å². The lowest BCUT2D eigenvalue weighted by Crippen LogP contribution is -2.05. The molecule has 0 bridgehead atoms. The second kappa shape index (κ2) is 9.04. The van der Waals surface area contributed by atoms with Gasteiger partial charge >= 0.3 is 0 Å². The van der Waals surface area contributed by atoms with Gasteiger partial charge in [-0.1, -0.05) is 18.2 Å². The van der Waals surface area contributed by atoms with Crippen LogP contribution in [0.4, 0.5) is 11.5 Å². The van der Waals surface area contributed by atoms with Crippen molar-refractivity contribution in [2.75, 3.05) is 11.9 Å². The standard InChI is InChI=1S/C25H22N6O2/c32-21-10-4-17(5-11-21)2-1-3-23(33)18-6-8-20(9-7-18)30-24-25-28-16-29-31(25)22(15-27-24)19-12-13-26-14-19/h4-12,14-16,32H,1-3,13H2,(H,27,30). The number of fused-ring (bicyclic) bond motifs is 1. The molecule has 0 fully saturated rings. The molecule has 1 aliphatic heterocycles. The Morgan fingerprint density at radius 3 is 2.64 bits per heavy atom. The zero-order chi connectivity index (χ0) is 22.6. The molecule has 5 rings (SSSR count). The monoisotopic (exact) mass is 438 g/mol. The molecule has 0 aliphatic carbocycles. The van der Waals surface area contributed by atoms with Crippen molar-refractivity contribution in [1.29, 1.82) is 0 Å². The van der Waals surface area contributed by atoms with Crippen molar-refractivity contribution < 1.29 is 9.90 Å². The summed E-state index contributed by atoms with van der Waals surface area (Å²) in [4.78, 5) is 25.6. The first-order chi connectivity index (χ1) is 16.2. The molecule has 1 aliphatic rings. The number of Topliss-reactive ketones (excluding diaryl/α,β-unsaturated/α-hetero) is 1. The molecular weight excluding hydrogens is 416 g/mol. The number of allylic oxidation sites excluding steroid dienone is 1. The SMILES string of the molecule is O=C(CCCc1ccc(O)cc1)c1ccc(Nc2ncc(C3=CCN=C3)n3ncnc23)cc1. The van der Waals surface area contributed by atoms with Gasteiger partial charge in [0.05, 0.1) is 18.4 Å². The molecule has 0 unspecified atom stereocenters. The molecule has 0 radical (unpaired) electrons. The molecule has 0 spiro atoms. The highest BCUT2D eigenvalue weighted by Crippen LogP contribution is 2.23. The fourth-order valence-electron chi connectivity index (χ4n) is 3.76. The minimum absolute atomic E-state index is 0.106. The number of ketones is 1. The van der Waals surface area contributed by atoms with E-state index in [9.17, 15) is 9.90 Å². The maximum Gasteiger partial charge on any atom is 0.199 e. The third-order valence-corrected chi connectivity index (χ3v) is 5.52. The number of anilines is 2. The van der Waals surface area contributed by atoms with E-state index in [1.165, 1.54) is 6.33 Å². The number of rotatable bonds is 8. The van der Waals surface area contributed by atoms with Crippen LogP contribution in [-0.4, -0.2) is 43.2 Å². The second-order valence-corrected chi connectivity index (χ2v) is 7.79. The number of nitrogens with one attached hydrogen (secondary N) is 1. The van der Waals surface area contributed by atoms with Crippen molar-refractivity contribution in [2.24, 2.45) is 4.99 Å². The zero-order valence-corrected chi connectivity index (χ0v) is 17.8. The zero-order valence-electron chi connectivity index (χ0n) is 17.8. The molecule has 0 atom stereocenters. The van der Waals surface area contributed by atoms with E-state index in [0.29, 0.717) is 30.0 Å². The van der Waals surface area contributed by atoms with Crippen LogP contribution in [0.15, 0.2) is 72.1 Å². The summed E-state index contributed by atoms with van der Waals surface area (Å²) in [6.07, 6.45) is 9.10. The average molecular weight is 438 g/mol. The Labute approximate surface area is 190 Å². The van der Waals surface area contributed by atoms with E-state index in [1.807, 2.05) is 48.7 Å². The molecule has 164 valence electrons. The maximum atomic E-state index is 12.6. The van der Waals surface area contributed by atoms with Crippen LogP contribution in [0.5, 0.6) is 5.75 Å². The average Bonchev–Trinajstić information content (AvgIpc) is 3.54. The van der Waals surface area contributed by atoms with Crippen molar-refractivity contribution in [3.63, 3.8) is 0 Å². The highest BCUT2D eigenvalue weighted by atomic mass is 16.3. The highest BCUT2D eigenvalue weighted by molar-refractivity contribution is 6.11. The van der Waals surface area contributed by atoms with Crippen LogP contribution in [-0.2, 0) is 6.42 Å². The largest absolute Gasteiger partial charge is 0.508 e. The van der Waals surface area contributed by atoms with Crippen LogP contribution in [0, 0.1) is 0 Å². The minimum atomic E-state index is 0.106. The number of aryl methyl sites for hydroxylation is 1. The first-order valence-electron chi connectivity index (χ1n) is 10.7. The molecule has 3 heterocycles. The first kappa shape index (κ1) is 20.6. The molecule has 0 amide bonds. The number of phenols is 1. The minimum Gasteiger partial charge on any atom is -0.508 e. The number of nitrogens with zero attached hydrogens (tertiary/aromatic N) is 5. The van der Waals surface area contributed by atoms with Crippen LogP contribution in [0.3, 0.4) is 0 Å². The molecular formula is C25H22N6O2. The maximum absolute atomic E-state index is 12.6. The Bertz CT molecular complexity index is 1350. The Morgan fingerprint density at radius 1 is 1.06 bits per heavy atom. The molecule has 8 nitrogen and oxygen atoms in total. The summed E-state index contributed by atoms with van der Waals surface area (Å²) in [5.74, 6) is 0.939. The number of carbonyl (C=O) groups is 1. The van der Waals surface area contributed by atoms with Gasteiger partial charge in [-0.3, -0.25) is 9.79 Å². The fourth-order valence-corrected chi connectivity index (χ4v) is 3.76. The Hall–Kier alpha value is -4.33. The van der Waals surface area contributed by atoms with Gasteiger partial charge < -0.3 is 10.4 Å². The third kappa shape index (κ3) is 4.50. The Balaban J connectivity index is 1.23. The van der Waals surface area contributed by atoms with Crippen LogP contribution in [0.2, 0.25) is 0 Å². The van der Waals surface area contributed by atoms with Gasteiger partial charge in [-0.2, -0.15) is 5.10 Å². The van der Waals surface area contributed by atoms with Gasteiger partial charge in [0, 0.05) is 29.5 Å². The number of benzene rings is 2. The third-order valence-electron chi connectivity index (χ3n) is 5.52. The van der Waals surface area contributed by atoms with Crippen LogP contribution in [0.1, 0.15) is 34.5 Å². The summed E-state index contributed by atoms with van der Waals surface area (Å²) in [6.45, 7) is 0.660. The number of hydrogen-bond donors (Lipinski definition) is 2. The first-order valence-corrected chi connectivity index (χ1v) is 10.7. The van der Waals surface area contributed by atoms with Gasteiger partial charge in [0.2, 0.25) is 0 Å². The Morgan fingerprint density at radius 2 is 1.88 bits per heavy atom. The topological polar surface area (TPSA) is 105 Å². The van der Waals surface area contributed by atoms with Gasteiger partial charge in [0.1, 0.15) is 12.1 Å². The summed E-state index contributed by atoms with van der Waals surface area (Å²) < 4.78 is 1.74. The molecule has 33 heavy (non-hydrogen) atoms. The Kier molecular flexibility index (Phi) is 5.63. The molecule has 0 saturated heterocycles. The van der Waals surface area contributed by atoms with Crippen molar-refractivity contribution in [3.05, 3.63) is 84.0 Å². The van der Waals surface area contributed by atoms with Crippen molar-refractivity contribution in [3.8, 4) is 5.75 Å². The molecule has 0 saturated carbocycles. The molecule has 2 aromatic heterocycles. The number of aromatic hydroxyl groups is 1. The normalized spacial score (nSPS) is 12.8. The number of aliphatic imine (C=N–C) groups is 1. The van der Waals surface area contributed by atoms with Gasteiger partial charge in [0.25, 0.3) is 0 Å². The van der Waals surface area contributed by atoms with E-state index in [-0.39, 0.29) is 11.5 Å². The summed E-state index contributed by atoms with van der Waals surface area (Å²) in [5, 5.41) is 16.9. The van der Waals surface area contributed by atoms with Crippen LogP contribution >= 0.6 is 0 Å². The van der Waals surface area contributed by atoms with E-state index < -0.39 is 0 Å². The van der Waals surface area contributed by atoms with Crippen LogP contribution in [0.25, 0.3) is 11.2 Å². The van der Waals surface area contributed by atoms with E-state index in [2.05, 4.69) is 25.4 Å². The fraction of sp³-hybridized carbons (Fsp3) is 0.160. The lowest BCUT2D eigenvalue weighted by Gasteiger charge is -2.10. The lowest BCUT2D eigenvalue weighted by atomic mass is 10.0. The van der Waals surface area contributed by atoms with E-state index in [1.54, 1.807) is 22.8 Å². The number of phenolic OH excluding ortho intramolecular Hbond substituents is 1. The quantitative estimate of drug-likeness (QED) is 0.399. The predicted octanol–water partition coefficient (Wildman–Crippen LogP) is 4.25. The second-order valence-electron chi connectivity index (χ2n) is 7.79. The molecule has 2 N–H and O–H groups in total. The molecule has 8 heteroatoms. The van der Waals surface area contributed by atoms with Crippen molar-refractivity contribution in [1.82, 2.24) is 19.6 Å². The summed E-state index contributed by atoms with van der Waals surface area (Å²) >= 11 is 0. The van der Waals surface area contributed by atoms with Gasteiger partial charge in [0.15, 0.2) is 17.2 Å². The highest BCUT2D eigenvalue weighted by Gasteiger charge is 2.14.